The van der Waals surface area contributed by atoms with Gasteiger partial charge in [0.25, 0.3) is 0 Å². The molecular formula is C20H24ClN3O. The fourth-order valence-electron chi connectivity index (χ4n) is 3.04. The van der Waals surface area contributed by atoms with Crippen LogP contribution in [0.5, 0.6) is 0 Å². The highest BCUT2D eigenvalue weighted by Crippen LogP contribution is 2.22. The van der Waals surface area contributed by atoms with Gasteiger partial charge in [-0.25, -0.2) is 0 Å². The SMILES string of the molecule is O=C(CCNc1ccc(N2CCCCC2)cc1)Nc1ccccc1Cl. The molecule has 132 valence electrons. The van der Waals surface area contributed by atoms with Crippen LogP contribution in [-0.4, -0.2) is 25.5 Å². The quantitative estimate of drug-likeness (QED) is 0.782. The average molecular weight is 358 g/mol. The third kappa shape index (κ3) is 5.13. The van der Waals surface area contributed by atoms with Gasteiger partial charge < -0.3 is 15.5 Å². The van der Waals surface area contributed by atoms with Gasteiger partial charge in [0.2, 0.25) is 5.91 Å². The van der Waals surface area contributed by atoms with Crippen LogP contribution in [0.4, 0.5) is 17.1 Å². The van der Waals surface area contributed by atoms with Crippen LogP contribution in [0.3, 0.4) is 0 Å². The van der Waals surface area contributed by atoms with Crippen LogP contribution in [0.25, 0.3) is 0 Å². The zero-order valence-corrected chi connectivity index (χ0v) is 15.1. The molecule has 1 heterocycles. The first-order valence-electron chi connectivity index (χ1n) is 8.85. The molecule has 1 amide bonds. The van der Waals surface area contributed by atoms with Crippen LogP contribution in [0, 0.1) is 0 Å². The monoisotopic (exact) mass is 357 g/mol. The molecule has 5 heteroatoms. The molecule has 1 aliphatic heterocycles. The standard InChI is InChI=1S/C20H24ClN3O/c21-18-6-2-3-7-19(18)23-20(25)12-13-22-16-8-10-17(11-9-16)24-14-4-1-5-15-24/h2-3,6-11,22H,1,4-5,12-15H2,(H,23,25). The van der Waals surface area contributed by atoms with E-state index in [0.717, 1.165) is 18.8 Å². The molecule has 0 aliphatic carbocycles. The van der Waals surface area contributed by atoms with E-state index in [0.29, 0.717) is 23.7 Å². The topological polar surface area (TPSA) is 44.4 Å². The number of piperidine rings is 1. The average Bonchev–Trinajstić information content (AvgIpc) is 2.65. The highest BCUT2D eigenvalue weighted by molar-refractivity contribution is 6.33. The van der Waals surface area contributed by atoms with E-state index in [2.05, 4.69) is 39.8 Å². The summed E-state index contributed by atoms with van der Waals surface area (Å²) in [6, 6.07) is 15.7. The lowest BCUT2D eigenvalue weighted by molar-refractivity contribution is -0.115. The van der Waals surface area contributed by atoms with Crippen LogP contribution >= 0.6 is 11.6 Å². The van der Waals surface area contributed by atoms with Crippen molar-refractivity contribution in [2.75, 3.05) is 35.2 Å². The van der Waals surface area contributed by atoms with E-state index in [9.17, 15) is 4.79 Å². The van der Waals surface area contributed by atoms with Crippen molar-refractivity contribution in [2.45, 2.75) is 25.7 Å². The number of carbonyl (C=O) groups is 1. The second kappa shape index (κ2) is 8.77. The molecule has 1 aliphatic rings. The third-order valence-corrected chi connectivity index (χ3v) is 4.75. The zero-order chi connectivity index (χ0) is 17.5. The second-order valence-electron chi connectivity index (χ2n) is 6.30. The van der Waals surface area contributed by atoms with Crippen molar-refractivity contribution < 1.29 is 4.79 Å². The lowest BCUT2D eigenvalue weighted by Crippen LogP contribution is -2.29. The van der Waals surface area contributed by atoms with Gasteiger partial charge in [0.05, 0.1) is 10.7 Å². The van der Waals surface area contributed by atoms with Gasteiger partial charge in [-0.15, -0.1) is 0 Å². The van der Waals surface area contributed by atoms with Crippen LogP contribution in [0.1, 0.15) is 25.7 Å². The Labute approximate surface area is 154 Å². The predicted octanol–water partition coefficient (Wildman–Crippen LogP) is 4.77. The predicted molar refractivity (Wildman–Crippen MR) is 106 cm³/mol. The van der Waals surface area contributed by atoms with Gasteiger partial charge in [-0.3, -0.25) is 4.79 Å². The first kappa shape index (κ1) is 17.6. The molecule has 0 aromatic heterocycles. The van der Waals surface area contributed by atoms with Gasteiger partial charge in [-0.2, -0.15) is 0 Å². The largest absolute Gasteiger partial charge is 0.385 e. The van der Waals surface area contributed by atoms with Gasteiger partial charge in [-0.05, 0) is 55.7 Å². The van der Waals surface area contributed by atoms with Crippen LogP contribution in [0.15, 0.2) is 48.5 Å². The number of para-hydroxylation sites is 1. The number of nitrogens with one attached hydrogen (secondary N) is 2. The molecule has 1 fully saturated rings. The van der Waals surface area contributed by atoms with E-state index in [-0.39, 0.29) is 5.91 Å². The van der Waals surface area contributed by atoms with E-state index >= 15 is 0 Å². The number of benzene rings is 2. The molecule has 0 spiro atoms. The van der Waals surface area contributed by atoms with E-state index in [1.807, 2.05) is 12.1 Å². The number of halogens is 1. The van der Waals surface area contributed by atoms with E-state index in [1.54, 1.807) is 12.1 Å². The molecule has 2 aromatic carbocycles. The number of nitrogens with zero attached hydrogens (tertiary/aromatic N) is 1. The van der Waals surface area contributed by atoms with Crippen LogP contribution in [-0.2, 0) is 4.79 Å². The minimum Gasteiger partial charge on any atom is -0.385 e. The summed E-state index contributed by atoms with van der Waals surface area (Å²) >= 11 is 6.04. The number of carbonyl (C=O) groups excluding carboxylic acids is 1. The van der Waals surface area contributed by atoms with Crippen molar-refractivity contribution in [1.29, 1.82) is 0 Å². The summed E-state index contributed by atoms with van der Waals surface area (Å²) in [7, 11) is 0. The van der Waals surface area contributed by atoms with E-state index in [4.69, 9.17) is 11.6 Å². The van der Waals surface area contributed by atoms with Crippen molar-refractivity contribution in [3.8, 4) is 0 Å². The summed E-state index contributed by atoms with van der Waals surface area (Å²) in [5.74, 6) is -0.0504. The maximum Gasteiger partial charge on any atom is 0.226 e. The van der Waals surface area contributed by atoms with Crippen LogP contribution in [0.2, 0.25) is 5.02 Å². The number of amides is 1. The summed E-state index contributed by atoms with van der Waals surface area (Å²) in [6.45, 7) is 2.88. The molecule has 0 radical (unpaired) electrons. The summed E-state index contributed by atoms with van der Waals surface area (Å²) in [5, 5.41) is 6.68. The maximum absolute atomic E-state index is 12.0. The lowest BCUT2D eigenvalue weighted by Gasteiger charge is -2.28. The minimum absolute atomic E-state index is 0.0504. The van der Waals surface area contributed by atoms with Crippen molar-refractivity contribution in [3.05, 3.63) is 53.6 Å². The number of rotatable bonds is 6. The van der Waals surface area contributed by atoms with Crippen molar-refractivity contribution in [3.63, 3.8) is 0 Å². The molecular weight excluding hydrogens is 334 g/mol. The molecule has 0 saturated carbocycles. The molecule has 0 bridgehead atoms. The molecule has 1 saturated heterocycles. The number of hydrogen-bond donors (Lipinski definition) is 2. The fraction of sp³-hybridized carbons (Fsp3) is 0.350. The van der Waals surface area contributed by atoms with Crippen LogP contribution < -0.4 is 15.5 Å². The first-order chi connectivity index (χ1) is 12.2. The Bertz CT molecular complexity index is 696. The smallest absolute Gasteiger partial charge is 0.226 e. The summed E-state index contributed by atoms with van der Waals surface area (Å²) in [4.78, 5) is 14.4. The van der Waals surface area contributed by atoms with E-state index < -0.39 is 0 Å². The Morgan fingerprint density at radius 2 is 1.72 bits per heavy atom. The highest BCUT2D eigenvalue weighted by Gasteiger charge is 2.10. The third-order valence-electron chi connectivity index (χ3n) is 4.42. The summed E-state index contributed by atoms with van der Waals surface area (Å²) in [5.41, 5.74) is 2.97. The number of hydrogen-bond acceptors (Lipinski definition) is 3. The molecule has 4 nitrogen and oxygen atoms in total. The molecule has 0 unspecified atom stereocenters. The first-order valence-corrected chi connectivity index (χ1v) is 9.23. The maximum atomic E-state index is 12.0. The Kier molecular flexibility index (Phi) is 6.18. The van der Waals surface area contributed by atoms with Crippen molar-refractivity contribution in [2.24, 2.45) is 0 Å². The Morgan fingerprint density at radius 3 is 2.44 bits per heavy atom. The molecule has 25 heavy (non-hydrogen) atoms. The minimum atomic E-state index is -0.0504. The van der Waals surface area contributed by atoms with Crippen molar-refractivity contribution in [1.82, 2.24) is 0 Å². The van der Waals surface area contributed by atoms with Gasteiger partial charge in [0.15, 0.2) is 0 Å². The lowest BCUT2D eigenvalue weighted by atomic mass is 10.1. The van der Waals surface area contributed by atoms with Gasteiger partial charge in [0, 0.05) is 37.4 Å². The molecule has 2 N–H and O–H groups in total. The summed E-state index contributed by atoms with van der Waals surface area (Å²) in [6.07, 6.45) is 4.28. The molecule has 2 aromatic rings. The second-order valence-corrected chi connectivity index (χ2v) is 6.71. The zero-order valence-electron chi connectivity index (χ0n) is 14.3. The normalized spacial score (nSPS) is 14.2. The van der Waals surface area contributed by atoms with E-state index in [1.165, 1.54) is 24.9 Å². The Balaban J connectivity index is 1.44. The molecule has 0 atom stereocenters. The highest BCUT2D eigenvalue weighted by atomic mass is 35.5. The number of anilines is 3. The Hall–Kier alpha value is -2.20. The van der Waals surface area contributed by atoms with Gasteiger partial charge in [-0.1, -0.05) is 23.7 Å². The van der Waals surface area contributed by atoms with Gasteiger partial charge in [0.1, 0.15) is 0 Å². The molecule has 3 rings (SSSR count). The van der Waals surface area contributed by atoms with Gasteiger partial charge >= 0.3 is 0 Å². The fourth-order valence-corrected chi connectivity index (χ4v) is 3.22. The van der Waals surface area contributed by atoms with Crippen molar-refractivity contribution >= 4 is 34.6 Å². The summed E-state index contributed by atoms with van der Waals surface area (Å²) < 4.78 is 0. The Morgan fingerprint density at radius 1 is 1.00 bits per heavy atom.